The standard InChI is InChI=1S/C20H24N4O3S/c1-14-22-12-16-7-9-20(18(16)23-14)8-4-10-24(13-20)28(26,27)17-6-3-5-15(11-17)19(25)21-2/h3,5-6,11-12H,4,7-10,13H2,1-2H3,(H,21,25). The fraction of sp³-hybridized carbons (Fsp3) is 0.450. The zero-order chi connectivity index (χ0) is 19.9. The van der Waals surface area contributed by atoms with Crippen LogP contribution in [0, 0.1) is 6.92 Å². The molecular weight excluding hydrogens is 376 g/mol. The number of hydrogen-bond donors (Lipinski definition) is 1. The fourth-order valence-corrected chi connectivity index (χ4v) is 6.02. The summed E-state index contributed by atoms with van der Waals surface area (Å²) >= 11 is 0. The number of nitrogens with zero attached hydrogens (tertiary/aromatic N) is 3. The van der Waals surface area contributed by atoms with E-state index in [0.717, 1.165) is 42.8 Å². The number of sulfonamides is 1. The summed E-state index contributed by atoms with van der Waals surface area (Å²) in [5.41, 5.74) is 2.24. The highest BCUT2D eigenvalue weighted by Crippen LogP contribution is 2.44. The number of piperidine rings is 1. The lowest BCUT2D eigenvalue weighted by atomic mass is 9.78. The Balaban J connectivity index is 1.68. The topological polar surface area (TPSA) is 92.3 Å². The van der Waals surface area contributed by atoms with Crippen LogP contribution in [0.15, 0.2) is 35.4 Å². The molecule has 2 heterocycles. The molecule has 1 aromatic heterocycles. The van der Waals surface area contributed by atoms with Gasteiger partial charge in [0.05, 0.1) is 10.6 Å². The molecule has 2 aromatic rings. The van der Waals surface area contributed by atoms with E-state index >= 15 is 0 Å². The molecule has 8 heteroatoms. The van der Waals surface area contributed by atoms with Crippen molar-refractivity contribution in [2.45, 2.75) is 42.9 Å². The number of aromatic nitrogens is 2. The second kappa shape index (κ2) is 6.93. The number of nitrogens with one attached hydrogen (secondary N) is 1. The van der Waals surface area contributed by atoms with Gasteiger partial charge in [0.25, 0.3) is 5.91 Å². The minimum Gasteiger partial charge on any atom is -0.355 e. The molecule has 1 saturated heterocycles. The SMILES string of the molecule is CNC(=O)c1cccc(S(=O)(=O)N2CCCC3(CCc4cnc(C)nc43)C2)c1. The molecule has 0 saturated carbocycles. The first kappa shape index (κ1) is 19.0. The Morgan fingerprint density at radius 1 is 1.29 bits per heavy atom. The Hall–Kier alpha value is -2.32. The van der Waals surface area contributed by atoms with Crippen LogP contribution >= 0.6 is 0 Å². The van der Waals surface area contributed by atoms with Gasteiger partial charge in [0.1, 0.15) is 5.82 Å². The average molecular weight is 401 g/mol. The third-order valence-electron chi connectivity index (χ3n) is 5.86. The van der Waals surface area contributed by atoms with E-state index in [0.29, 0.717) is 18.7 Å². The van der Waals surface area contributed by atoms with E-state index in [2.05, 4.69) is 15.3 Å². The predicted molar refractivity (Wildman–Crippen MR) is 105 cm³/mol. The smallest absolute Gasteiger partial charge is 0.251 e. The van der Waals surface area contributed by atoms with Gasteiger partial charge >= 0.3 is 0 Å². The minimum atomic E-state index is -3.69. The second-order valence-electron chi connectivity index (χ2n) is 7.62. The quantitative estimate of drug-likeness (QED) is 0.848. The van der Waals surface area contributed by atoms with E-state index < -0.39 is 10.0 Å². The van der Waals surface area contributed by atoms with E-state index in [1.54, 1.807) is 22.5 Å². The monoisotopic (exact) mass is 400 g/mol. The number of hydrogen-bond acceptors (Lipinski definition) is 5. The summed E-state index contributed by atoms with van der Waals surface area (Å²) in [5, 5.41) is 2.53. The van der Waals surface area contributed by atoms with Crippen LogP contribution in [-0.4, -0.2) is 48.7 Å². The summed E-state index contributed by atoms with van der Waals surface area (Å²) in [6.45, 7) is 2.77. The van der Waals surface area contributed by atoms with Gasteiger partial charge in [0.15, 0.2) is 0 Å². The minimum absolute atomic E-state index is 0.155. The summed E-state index contributed by atoms with van der Waals surface area (Å²) in [6, 6.07) is 6.23. The first-order valence-corrected chi connectivity index (χ1v) is 10.9. The molecule has 1 aliphatic heterocycles. The van der Waals surface area contributed by atoms with E-state index in [1.807, 2.05) is 13.1 Å². The molecule has 4 rings (SSSR count). The number of carbonyl (C=O) groups excluding carboxylic acids is 1. The van der Waals surface area contributed by atoms with E-state index in [-0.39, 0.29) is 16.2 Å². The van der Waals surface area contributed by atoms with Gasteiger partial charge < -0.3 is 5.32 Å². The number of amides is 1. The highest BCUT2D eigenvalue weighted by atomic mass is 32.2. The van der Waals surface area contributed by atoms with Crippen molar-refractivity contribution in [1.29, 1.82) is 0 Å². The molecule has 0 bridgehead atoms. The largest absolute Gasteiger partial charge is 0.355 e. The lowest BCUT2D eigenvalue weighted by molar-refractivity contribution is 0.0963. The lowest BCUT2D eigenvalue weighted by Gasteiger charge is -2.39. The molecule has 2 aliphatic rings. The van der Waals surface area contributed by atoms with Gasteiger partial charge in [-0.25, -0.2) is 18.4 Å². The van der Waals surface area contributed by atoms with Gasteiger partial charge in [0, 0.05) is 37.3 Å². The molecule has 148 valence electrons. The Bertz CT molecular complexity index is 1030. The van der Waals surface area contributed by atoms with Crippen molar-refractivity contribution in [3.63, 3.8) is 0 Å². The van der Waals surface area contributed by atoms with Gasteiger partial charge in [0.2, 0.25) is 10.0 Å². The summed E-state index contributed by atoms with van der Waals surface area (Å²) in [4.78, 5) is 21.0. The van der Waals surface area contributed by atoms with E-state index in [9.17, 15) is 13.2 Å². The number of fused-ring (bicyclic) bond motifs is 2. The molecule has 1 N–H and O–H groups in total. The third kappa shape index (κ3) is 3.10. The van der Waals surface area contributed by atoms with Gasteiger partial charge in [-0.2, -0.15) is 4.31 Å². The van der Waals surface area contributed by atoms with Crippen molar-refractivity contribution in [2.24, 2.45) is 0 Å². The van der Waals surface area contributed by atoms with Gasteiger partial charge in [-0.15, -0.1) is 0 Å². The lowest BCUT2D eigenvalue weighted by Crippen LogP contribution is -2.47. The molecule has 1 spiro atoms. The summed E-state index contributed by atoms with van der Waals surface area (Å²) in [7, 11) is -2.17. The van der Waals surface area contributed by atoms with Crippen LogP contribution in [-0.2, 0) is 21.9 Å². The second-order valence-corrected chi connectivity index (χ2v) is 9.56. The van der Waals surface area contributed by atoms with Crippen molar-refractivity contribution in [3.8, 4) is 0 Å². The molecular formula is C20H24N4O3S. The van der Waals surface area contributed by atoms with Gasteiger partial charge in [-0.1, -0.05) is 6.07 Å². The summed E-state index contributed by atoms with van der Waals surface area (Å²) in [6.07, 6.45) is 5.38. The normalized spacial score (nSPS) is 22.2. The van der Waals surface area contributed by atoms with E-state index in [1.165, 1.54) is 13.1 Å². The molecule has 28 heavy (non-hydrogen) atoms. The van der Waals surface area contributed by atoms with Gasteiger partial charge in [-0.05, 0) is 56.4 Å². The molecule has 1 aromatic carbocycles. The molecule has 1 aliphatic carbocycles. The van der Waals surface area contributed by atoms with Crippen molar-refractivity contribution in [3.05, 3.63) is 53.1 Å². The van der Waals surface area contributed by atoms with Crippen LogP contribution in [0.1, 0.15) is 46.7 Å². The fourth-order valence-electron chi connectivity index (χ4n) is 4.41. The first-order valence-electron chi connectivity index (χ1n) is 9.51. The number of rotatable bonds is 3. The van der Waals surface area contributed by atoms with Crippen molar-refractivity contribution < 1.29 is 13.2 Å². The molecule has 1 amide bonds. The molecule has 1 unspecified atom stereocenters. The third-order valence-corrected chi connectivity index (χ3v) is 7.70. The van der Waals surface area contributed by atoms with Crippen LogP contribution in [0.25, 0.3) is 0 Å². The Morgan fingerprint density at radius 3 is 2.89 bits per heavy atom. The van der Waals surface area contributed by atoms with Crippen molar-refractivity contribution in [1.82, 2.24) is 19.6 Å². The molecule has 1 fully saturated rings. The van der Waals surface area contributed by atoms with Crippen LogP contribution in [0.2, 0.25) is 0 Å². The van der Waals surface area contributed by atoms with Crippen molar-refractivity contribution in [2.75, 3.05) is 20.1 Å². The van der Waals surface area contributed by atoms with Crippen LogP contribution < -0.4 is 5.32 Å². The van der Waals surface area contributed by atoms with Crippen molar-refractivity contribution >= 4 is 15.9 Å². The average Bonchev–Trinajstić information content (AvgIpc) is 3.04. The number of aryl methyl sites for hydroxylation is 2. The zero-order valence-corrected chi connectivity index (χ0v) is 16.9. The summed E-state index contributed by atoms with van der Waals surface area (Å²) < 4.78 is 28.2. The molecule has 1 atom stereocenters. The highest BCUT2D eigenvalue weighted by molar-refractivity contribution is 7.89. The van der Waals surface area contributed by atoms with E-state index in [4.69, 9.17) is 0 Å². The Kier molecular flexibility index (Phi) is 4.71. The Morgan fingerprint density at radius 2 is 2.11 bits per heavy atom. The maximum Gasteiger partial charge on any atom is 0.251 e. The maximum absolute atomic E-state index is 13.3. The first-order chi connectivity index (χ1) is 13.4. The Labute approximate surface area is 165 Å². The maximum atomic E-state index is 13.3. The van der Waals surface area contributed by atoms with Crippen LogP contribution in [0.3, 0.4) is 0 Å². The van der Waals surface area contributed by atoms with Crippen LogP contribution in [0.5, 0.6) is 0 Å². The number of benzene rings is 1. The molecule has 7 nitrogen and oxygen atoms in total. The highest BCUT2D eigenvalue weighted by Gasteiger charge is 2.46. The zero-order valence-electron chi connectivity index (χ0n) is 16.1. The van der Waals surface area contributed by atoms with Crippen LogP contribution in [0.4, 0.5) is 0 Å². The predicted octanol–water partition coefficient (Wildman–Crippen LogP) is 1.81. The van der Waals surface area contributed by atoms with Gasteiger partial charge in [-0.3, -0.25) is 4.79 Å². The summed E-state index contributed by atoms with van der Waals surface area (Å²) in [5.74, 6) is 0.419. The molecule has 0 radical (unpaired) electrons. The number of carbonyl (C=O) groups is 1.